The molecule has 0 saturated heterocycles. The van der Waals surface area contributed by atoms with Gasteiger partial charge in [-0.1, -0.05) is 24.3 Å². The van der Waals surface area contributed by atoms with Gasteiger partial charge < -0.3 is 11.5 Å². The van der Waals surface area contributed by atoms with E-state index in [0.29, 0.717) is 5.08 Å². The molecule has 0 radical (unpaired) electrons. The predicted molar refractivity (Wildman–Crippen MR) is 68.6 cm³/mol. The minimum absolute atomic E-state index is 0.335. The van der Waals surface area contributed by atoms with Crippen LogP contribution in [0.15, 0.2) is 24.3 Å². The third-order valence-electron chi connectivity index (χ3n) is 2.33. The molecule has 0 aromatic rings. The normalized spacial score (nSPS) is 26.4. The van der Waals surface area contributed by atoms with E-state index in [1.807, 2.05) is 5.40 Å². The van der Waals surface area contributed by atoms with Crippen LogP contribution < -0.4 is 11.5 Å². The summed E-state index contributed by atoms with van der Waals surface area (Å²) in [6.07, 6.45) is 6.41. The summed E-state index contributed by atoms with van der Waals surface area (Å²) in [5.41, 5.74) is 10.6. The Morgan fingerprint density at radius 1 is 1.41 bits per heavy atom. The molecule has 0 heterocycles. The van der Waals surface area contributed by atoms with Crippen LogP contribution in [0.25, 0.3) is 0 Å². The van der Waals surface area contributed by atoms with E-state index in [1.165, 1.54) is 0 Å². The Hall–Kier alpha value is -1.39. The number of carbonyl (C=O) groups is 2. The zero-order valence-corrected chi connectivity index (χ0v) is 10.5. The van der Waals surface area contributed by atoms with Crippen molar-refractivity contribution in [3.05, 3.63) is 24.3 Å². The van der Waals surface area contributed by atoms with Crippen molar-refractivity contribution in [1.82, 2.24) is 0 Å². The van der Waals surface area contributed by atoms with Gasteiger partial charge in [-0.05, 0) is 11.8 Å². The Kier molecular flexibility index (Phi) is 4.66. The molecule has 0 aromatic heterocycles. The number of nitrogens with zero attached hydrogens (tertiary/aromatic N) is 1. The summed E-state index contributed by atoms with van der Waals surface area (Å²) < 4.78 is -1.19. The number of thiocyanates is 1. The number of hydrogen-bond donors (Lipinski definition) is 2. The summed E-state index contributed by atoms with van der Waals surface area (Å²) in [4.78, 5) is 23.0. The van der Waals surface area contributed by atoms with E-state index < -0.39 is 22.5 Å². The molecule has 4 N–H and O–H groups in total. The summed E-state index contributed by atoms with van der Waals surface area (Å²) >= 11 is 2.12. The number of nitrogens with two attached hydrogens (primary N) is 2. The Morgan fingerprint density at radius 2 is 2.12 bits per heavy atom. The lowest BCUT2D eigenvalue weighted by Gasteiger charge is -2.32. The van der Waals surface area contributed by atoms with Crippen LogP contribution in [0.1, 0.15) is 0 Å². The van der Waals surface area contributed by atoms with E-state index in [4.69, 9.17) is 16.7 Å². The van der Waals surface area contributed by atoms with Crippen LogP contribution in [-0.2, 0) is 9.59 Å². The molecular weight excluding hydrogens is 258 g/mol. The summed E-state index contributed by atoms with van der Waals surface area (Å²) in [6.45, 7) is 0. The number of allylic oxidation sites excluding steroid dienone is 2. The maximum Gasteiger partial charge on any atom is 0.238 e. The standard InChI is InChI=1S/C10H11N3O2S2/c11-5-16-6-17-10(9(13)15)4-2-1-3-7(10)8(12)14/h1-4,7H,6H2,(H2,12,14)(H2,13,15). The largest absolute Gasteiger partial charge is 0.369 e. The number of rotatable bonds is 5. The van der Waals surface area contributed by atoms with Crippen molar-refractivity contribution in [2.45, 2.75) is 4.75 Å². The van der Waals surface area contributed by atoms with Crippen LogP contribution in [0.5, 0.6) is 0 Å². The molecule has 0 aliphatic heterocycles. The van der Waals surface area contributed by atoms with Gasteiger partial charge in [-0.2, -0.15) is 5.26 Å². The van der Waals surface area contributed by atoms with Crippen LogP contribution in [-0.4, -0.2) is 21.6 Å². The Labute approximate surface area is 107 Å². The van der Waals surface area contributed by atoms with Gasteiger partial charge in [0.25, 0.3) is 0 Å². The quantitative estimate of drug-likeness (QED) is 0.425. The molecule has 0 saturated carbocycles. The van der Waals surface area contributed by atoms with Gasteiger partial charge in [0.15, 0.2) is 0 Å². The topological polar surface area (TPSA) is 110 Å². The second-order valence-electron chi connectivity index (χ2n) is 3.28. The summed E-state index contributed by atoms with van der Waals surface area (Å²) in [5.74, 6) is -2.03. The molecule has 0 bridgehead atoms. The second kappa shape index (κ2) is 5.80. The first-order chi connectivity index (χ1) is 8.04. The maximum absolute atomic E-state index is 11.6. The molecule has 2 atom stereocenters. The van der Waals surface area contributed by atoms with E-state index in [0.717, 1.165) is 23.5 Å². The van der Waals surface area contributed by atoms with Gasteiger partial charge in [0.05, 0.1) is 11.0 Å². The highest BCUT2D eigenvalue weighted by atomic mass is 32.2. The molecule has 1 rings (SSSR count). The molecule has 17 heavy (non-hydrogen) atoms. The van der Waals surface area contributed by atoms with Crippen molar-refractivity contribution in [2.24, 2.45) is 17.4 Å². The minimum atomic E-state index is -1.19. The van der Waals surface area contributed by atoms with E-state index in [1.54, 1.807) is 24.3 Å². The molecule has 2 amide bonds. The smallest absolute Gasteiger partial charge is 0.238 e. The lowest BCUT2D eigenvalue weighted by Crippen LogP contribution is -2.50. The zero-order valence-electron chi connectivity index (χ0n) is 8.83. The van der Waals surface area contributed by atoms with E-state index in [-0.39, 0.29) is 0 Å². The van der Waals surface area contributed by atoms with E-state index in [2.05, 4.69) is 0 Å². The fourth-order valence-corrected chi connectivity index (χ4v) is 3.44. The van der Waals surface area contributed by atoms with Crippen molar-refractivity contribution < 1.29 is 9.59 Å². The number of hydrogen-bond acceptors (Lipinski definition) is 5. The molecule has 90 valence electrons. The third kappa shape index (κ3) is 2.84. The van der Waals surface area contributed by atoms with Crippen LogP contribution in [0.4, 0.5) is 0 Å². The van der Waals surface area contributed by atoms with Crippen LogP contribution in [0.3, 0.4) is 0 Å². The molecule has 0 aromatic carbocycles. The van der Waals surface area contributed by atoms with Gasteiger partial charge in [0.1, 0.15) is 10.1 Å². The molecule has 5 nitrogen and oxygen atoms in total. The van der Waals surface area contributed by atoms with Gasteiger partial charge >= 0.3 is 0 Å². The number of carbonyl (C=O) groups excluding carboxylic acids is 2. The van der Waals surface area contributed by atoms with Gasteiger partial charge in [0, 0.05) is 0 Å². The number of thioether (sulfide) groups is 2. The maximum atomic E-state index is 11.6. The number of nitriles is 1. The molecule has 0 fully saturated rings. The summed E-state index contributed by atoms with van der Waals surface area (Å²) in [7, 11) is 0. The first kappa shape index (κ1) is 13.7. The van der Waals surface area contributed by atoms with Crippen LogP contribution in [0, 0.1) is 16.6 Å². The van der Waals surface area contributed by atoms with E-state index in [9.17, 15) is 9.59 Å². The summed E-state index contributed by atoms with van der Waals surface area (Å²) in [6, 6.07) is 0. The Morgan fingerprint density at radius 3 is 2.65 bits per heavy atom. The summed E-state index contributed by atoms with van der Waals surface area (Å²) in [5, 5.41) is 10.7. The molecule has 1 aliphatic rings. The first-order valence-corrected chi connectivity index (χ1v) is 6.62. The average Bonchev–Trinajstić information content (AvgIpc) is 2.29. The third-order valence-corrected chi connectivity index (χ3v) is 4.47. The fraction of sp³-hybridized carbons (Fsp3) is 0.300. The molecule has 1 aliphatic carbocycles. The van der Waals surface area contributed by atoms with Crippen molar-refractivity contribution >= 4 is 35.3 Å². The highest BCUT2D eigenvalue weighted by molar-refractivity contribution is 8.19. The monoisotopic (exact) mass is 269 g/mol. The fourth-order valence-electron chi connectivity index (χ4n) is 1.52. The number of amides is 2. The second-order valence-corrected chi connectivity index (χ2v) is 5.66. The van der Waals surface area contributed by atoms with Crippen LogP contribution >= 0.6 is 23.5 Å². The van der Waals surface area contributed by atoms with Crippen molar-refractivity contribution in [3.63, 3.8) is 0 Å². The highest BCUT2D eigenvalue weighted by Gasteiger charge is 2.45. The van der Waals surface area contributed by atoms with Gasteiger partial charge in [-0.3, -0.25) is 9.59 Å². The number of primary amides is 2. The lowest BCUT2D eigenvalue weighted by atomic mass is 9.86. The molecule has 2 unspecified atom stereocenters. The zero-order chi connectivity index (χ0) is 12.9. The Balaban J connectivity index is 3.00. The lowest BCUT2D eigenvalue weighted by molar-refractivity contribution is -0.126. The van der Waals surface area contributed by atoms with E-state index >= 15 is 0 Å². The minimum Gasteiger partial charge on any atom is -0.369 e. The van der Waals surface area contributed by atoms with Crippen LogP contribution in [0.2, 0.25) is 0 Å². The molecule has 0 spiro atoms. The van der Waals surface area contributed by atoms with Crippen molar-refractivity contribution in [2.75, 3.05) is 5.08 Å². The van der Waals surface area contributed by atoms with Gasteiger partial charge in [-0.15, -0.1) is 11.8 Å². The molecular formula is C10H11N3O2S2. The average molecular weight is 269 g/mol. The first-order valence-electron chi connectivity index (χ1n) is 4.64. The van der Waals surface area contributed by atoms with Gasteiger partial charge in [0.2, 0.25) is 11.8 Å². The SMILES string of the molecule is N#CSCSC1(C(N)=O)C=CC=CC1C(N)=O. The molecule has 7 heteroatoms. The highest BCUT2D eigenvalue weighted by Crippen LogP contribution is 2.39. The Bertz CT molecular complexity index is 428. The van der Waals surface area contributed by atoms with Crippen molar-refractivity contribution in [1.29, 1.82) is 5.26 Å². The van der Waals surface area contributed by atoms with Crippen molar-refractivity contribution in [3.8, 4) is 5.40 Å². The van der Waals surface area contributed by atoms with Gasteiger partial charge in [-0.25, -0.2) is 0 Å². The predicted octanol–water partition coefficient (Wildman–Crippen LogP) is 0.343.